The van der Waals surface area contributed by atoms with Gasteiger partial charge in [0, 0.05) is 56.1 Å². The van der Waals surface area contributed by atoms with E-state index in [0.717, 1.165) is 43.4 Å². The van der Waals surface area contributed by atoms with Crippen molar-refractivity contribution in [3.05, 3.63) is 53.1 Å². The van der Waals surface area contributed by atoms with Crippen LogP contribution < -0.4 is 10.2 Å². The fraction of sp³-hybridized carbons (Fsp3) is 0.480. The molecule has 1 saturated heterocycles. The zero-order chi connectivity index (χ0) is 24.3. The minimum absolute atomic E-state index is 0.0255. The first-order valence-electron chi connectivity index (χ1n) is 11.7. The maximum absolute atomic E-state index is 13.7. The summed E-state index contributed by atoms with van der Waals surface area (Å²) < 4.78 is 34.6. The van der Waals surface area contributed by atoms with Gasteiger partial charge >= 0.3 is 0 Å². The Morgan fingerprint density at radius 2 is 1.91 bits per heavy atom. The van der Waals surface area contributed by atoms with Gasteiger partial charge in [0.25, 0.3) is 0 Å². The average Bonchev–Trinajstić information content (AvgIpc) is 3.25. The van der Waals surface area contributed by atoms with Gasteiger partial charge in [-0.3, -0.25) is 4.79 Å². The zero-order valence-electron chi connectivity index (χ0n) is 19.7. The summed E-state index contributed by atoms with van der Waals surface area (Å²) in [5.41, 5.74) is 2.37. The number of carbonyl (C=O) groups is 1. The normalized spacial score (nSPS) is 18.6. The molecule has 1 amide bonds. The lowest BCUT2D eigenvalue weighted by atomic mass is 9.85. The Balaban J connectivity index is 1.66. The number of amides is 1. The molecule has 2 fully saturated rings. The van der Waals surface area contributed by atoms with Crippen molar-refractivity contribution in [2.24, 2.45) is 5.92 Å². The lowest BCUT2D eigenvalue weighted by Crippen LogP contribution is -2.37. The quantitative estimate of drug-likeness (QED) is 0.542. The summed E-state index contributed by atoms with van der Waals surface area (Å²) in [4.78, 5) is 14.6. The van der Waals surface area contributed by atoms with Crippen molar-refractivity contribution in [1.29, 1.82) is 0 Å². The van der Waals surface area contributed by atoms with E-state index in [2.05, 4.69) is 5.32 Å². The molecular weight excluding hydrogens is 474 g/mol. The SMILES string of the molecule is CN(C)c1ccc(NC(=O)C2CCC2)cc1CN(C[C@H]1CCCO1)S(=O)(=O)c1cccc(Cl)c1. The van der Waals surface area contributed by atoms with Crippen molar-refractivity contribution in [2.75, 3.05) is 37.5 Å². The van der Waals surface area contributed by atoms with Crippen LogP contribution in [-0.4, -0.2) is 52.0 Å². The number of halogens is 1. The van der Waals surface area contributed by atoms with Crippen LogP contribution in [0.5, 0.6) is 0 Å². The van der Waals surface area contributed by atoms with Crippen molar-refractivity contribution in [2.45, 2.75) is 49.6 Å². The molecule has 7 nitrogen and oxygen atoms in total. The minimum Gasteiger partial charge on any atom is -0.377 e. The Morgan fingerprint density at radius 1 is 1.12 bits per heavy atom. The molecular formula is C25H32ClN3O4S. The van der Waals surface area contributed by atoms with Crippen LogP contribution in [0.2, 0.25) is 5.02 Å². The number of hydrogen-bond acceptors (Lipinski definition) is 5. The third kappa shape index (κ3) is 5.74. The van der Waals surface area contributed by atoms with Crippen molar-refractivity contribution >= 4 is 38.9 Å². The molecule has 1 heterocycles. The van der Waals surface area contributed by atoms with Crippen LogP contribution in [0.3, 0.4) is 0 Å². The van der Waals surface area contributed by atoms with Gasteiger partial charge < -0.3 is 15.0 Å². The van der Waals surface area contributed by atoms with Crippen molar-refractivity contribution in [1.82, 2.24) is 4.31 Å². The van der Waals surface area contributed by atoms with E-state index in [1.165, 1.54) is 10.4 Å². The molecule has 4 rings (SSSR count). The molecule has 34 heavy (non-hydrogen) atoms. The molecule has 0 bridgehead atoms. The van der Waals surface area contributed by atoms with Crippen LogP contribution in [0.4, 0.5) is 11.4 Å². The predicted molar refractivity (Wildman–Crippen MR) is 135 cm³/mol. The van der Waals surface area contributed by atoms with Crippen molar-refractivity contribution < 1.29 is 17.9 Å². The van der Waals surface area contributed by atoms with Crippen LogP contribution in [0.15, 0.2) is 47.4 Å². The van der Waals surface area contributed by atoms with Crippen molar-refractivity contribution in [3.8, 4) is 0 Å². The summed E-state index contributed by atoms with van der Waals surface area (Å²) in [5, 5.41) is 3.38. The fourth-order valence-electron chi connectivity index (χ4n) is 4.37. The van der Waals surface area contributed by atoms with Gasteiger partial charge in [0.1, 0.15) is 0 Å². The molecule has 2 aliphatic rings. The summed E-state index contributed by atoms with van der Waals surface area (Å²) in [6.07, 6.45) is 4.50. The Kier molecular flexibility index (Phi) is 7.82. The maximum atomic E-state index is 13.7. The fourth-order valence-corrected chi connectivity index (χ4v) is 6.12. The number of nitrogens with zero attached hydrogens (tertiary/aromatic N) is 2. The average molecular weight is 506 g/mol. The molecule has 1 aliphatic heterocycles. The second kappa shape index (κ2) is 10.6. The molecule has 1 atom stereocenters. The van der Waals surface area contributed by atoms with E-state index in [1.54, 1.807) is 18.2 Å². The molecule has 2 aromatic carbocycles. The number of hydrogen-bond donors (Lipinski definition) is 1. The van der Waals surface area contributed by atoms with Gasteiger partial charge in [-0.15, -0.1) is 0 Å². The van der Waals surface area contributed by atoms with Gasteiger partial charge in [-0.1, -0.05) is 24.1 Å². The monoisotopic (exact) mass is 505 g/mol. The Bertz CT molecular complexity index is 1130. The van der Waals surface area contributed by atoms with Crippen molar-refractivity contribution in [3.63, 3.8) is 0 Å². The third-order valence-corrected chi connectivity index (χ3v) is 8.56. The number of anilines is 2. The van der Waals surface area contributed by atoms with E-state index >= 15 is 0 Å². The van der Waals surface area contributed by atoms with E-state index in [9.17, 15) is 13.2 Å². The molecule has 0 unspecified atom stereocenters. The maximum Gasteiger partial charge on any atom is 0.243 e. The van der Waals surface area contributed by atoms with Crippen LogP contribution in [-0.2, 0) is 26.1 Å². The highest BCUT2D eigenvalue weighted by atomic mass is 35.5. The van der Waals surface area contributed by atoms with Gasteiger partial charge in [0.15, 0.2) is 0 Å². The second-order valence-electron chi connectivity index (χ2n) is 9.24. The summed E-state index contributed by atoms with van der Waals surface area (Å²) in [6.45, 7) is 1.04. The smallest absolute Gasteiger partial charge is 0.243 e. The molecule has 1 N–H and O–H groups in total. The molecule has 9 heteroatoms. The van der Waals surface area contributed by atoms with E-state index in [-0.39, 0.29) is 35.9 Å². The lowest BCUT2D eigenvalue weighted by Gasteiger charge is -2.28. The molecule has 2 aromatic rings. The van der Waals surface area contributed by atoms with Crippen LogP contribution in [0.25, 0.3) is 0 Å². The first kappa shape index (κ1) is 25.0. The van der Waals surface area contributed by atoms with Gasteiger partial charge in [-0.05, 0) is 67.6 Å². The molecule has 184 valence electrons. The van der Waals surface area contributed by atoms with Crippen LogP contribution in [0, 0.1) is 5.92 Å². The highest BCUT2D eigenvalue weighted by Gasteiger charge is 2.31. The van der Waals surface area contributed by atoms with Gasteiger partial charge in [0.05, 0.1) is 11.0 Å². The van der Waals surface area contributed by atoms with E-state index in [1.807, 2.05) is 37.2 Å². The Labute approximate surface area is 207 Å². The number of carbonyl (C=O) groups excluding carboxylic acids is 1. The zero-order valence-corrected chi connectivity index (χ0v) is 21.2. The van der Waals surface area contributed by atoms with Crippen LogP contribution >= 0.6 is 11.6 Å². The molecule has 1 saturated carbocycles. The van der Waals surface area contributed by atoms with E-state index in [0.29, 0.717) is 17.3 Å². The highest BCUT2D eigenvalue weighted by Crippen LogP contribution is 2.31. The van der Waals surface area contributed by atoms with Crippen LogP contribution in [0.1, 0.15) is 37.7 Å². The first-order valence-corrected chi connectivity index (χ1v) is 13.5. The Hall–Kier alpha value is -2.13. The topological polar surface area (TPSA) is 79.0 Å². The third-order valence-electron chi connectivity index (χ3n) is 6.52. The number of ether oxygens (including phenoxy) is 1. The number of sulfonamides is 1. The summed E-state index contributed by atoms with van der Waals surface area (Å²) >= 11 is 6.11. The number of nitrogens with one attached hydrogen (secondary N) is 1. The Morgan fingerprint density at radius 3 is 2.53 bits per heavy atom. The molecule has 0 spiro atoms. The predicted octanol–water partition coefficient (Wildman–Crippen LogP) is 4.51. The standard InChI is InChI=1S/C25H32ClN3O4S/c1-28(2)24-12-11-21(27-25(30)18-6-3-7-18)14-19(24)16-29(17-22-9-5-13-33-22)34(31,32)23-10-4-8-20(26)15-23/h4,8,10-12,14-15,18,22H,3,5-7,9,13,16-17H2,1-2H3,(H,27,30)/t22-/m1/s1. The van der Waals surface area contributed by atoms with E-state index in [4.69, 9.17) is 16.3 Å². The lowest BCUT2D eigenvalue weighted by molar-refractivity contribution is -0.122. The molecule has 0 aromatic heterocycles. The van der Waals surface area contributed by atoms with Gasteiger partial charge in [0.2, 0.25) is 15.9 Å². The summed E-state index contributed by atoms with van der Waals surface area (Å²) in [5.74, 6) is 0.0914. The van der Waals surface area contributed by atoms with Gasteiger partial charge in [-0.2, -0.15) is 4.31 Å². The highest BCUT2D eigenvalue weighted by molar-refractivity contribution is 7.89. The minimum atomic E-state index is -3.83. The summed E-state index contributed by atoms with van der Waals surface area (Å²) in [7, 11) is 0.00316. The number of benzene rings is 2. The molecule has 0 radical (unpaired) electrons. The summed E-state index contributed by atoms with van der Waals surface area (Å²) in [6, 6.07) is 12.0. The largest absolute Gasteiger partial charge is 0.377 e. The number of rotatable bonds is 9. The van der Waals surface area contributed by atoms with Gasteiger partial charge in [-0.25, -0.2) is 8.42 Å². The van der Waals surface area contributed by atoms with E-state index < -0.39 is 10.0 Å². The molecule has 1 aliphatic carbocycles. The first-order chi connectivity index (χ1) is 16.2. The second-order valence-corrected chi connectivity index (χ2v) is 11.6.